The van der Waals surface area contributed by atoms with Crippen LogP contribution >= 0.6 is 0 Å². The van der Waals surface area contributed by atoms with Crippen molar-refractivity contribution in [3.8, 4) is 0 Å². The van der Waals surface area contributed by atoms with Gasteiger partial charge in [-0.25, -0.2) is 0 Å². The average Bonchev–Trinajstić information content (AvgIpc) is 2.28. The van der Waals surface area contributed by atoms with Crippen molar-refractivity contribution in [2.24, 2.45) is 5.41 Å². The van der Waals surface area contributed by atoms with Crippen LogP contribution < -0.4 is 5.32 Å². The first-order valence-corrected chi connectivity index (χ1v) is 6.58. The van der Waals surface area contributed by atoms with Gasteiger partial charge in [-0.2, -0.15) is 0 Å². The van der Waals surface area contributed by atoms with Crippen molar-refractivity contribution in [2.45, 2.75) is 46.8 Å². The van der Waals surface area contributed by atoms with Crippen molar-refractivity contribution < 1.29 is 4.74 Å². The monoisotopic (exact) mass is 249 g/mol. The van der Waals surface area contributed by atoms with Gasteiger partial charge in [-0.15, -0.1) is 0 Å². The fourth-order valence-electron chi connectivity index (χ4n) is 2.44. The Bertz CT molecular complexity index is 393. The van der Waals surface area contributed by atoms with Gasteiger partial charge in [0.2, 0.25) is 0 Å². The van der Waals surface area contributed by atoms with Gasteiger partial charge in [0, 0.05) is 7.11 Å². The highest BCUT2D eigenvalue weighted by molar-refractivity contribution is 5.32. The summed E-state index contributed by atoms with van der Waals surface area (Å²) in [5.41, 5.74) is 4.05. The Morgan fingerprint density at radius 2 is 1.72 bits per heavy atom. The highest BCUT2D eigenvalue weighted by Gasteiger charge is 2.32. The van der Waals surface area contributed by atoms with Gasteiger partial charge in [-0.3, -0.25) is 0 Å². The second kappa shape index (κ2) is 5.85. The standard InChI is InChI=1S/C16H27NO/c1-11-8-9-13(10-12(11)2)14(17-6)15(18-7)16(3,4)5/h8-10,14-15,17H,1-7H3. The van der Waals surface area contributed by atoms with Crippen LogP contribution in [0, 0.1) is 19.3 Å². The summed E-state index contributed by atoms with van der Waals surface area (Å²) in [6.07, 6.45) is 0.143. The number of ether oxygens (including phenoxy) is 1. The van der Waals surface area contributed by atoms with E-state index in [0.29, 0.717) is 0 Å². The van der Waals surface area contributed by atoms with Gasteiger partial charge in [0.25, 0.3) is 0 Å². The zero-order valence-corrected chi connectivity index (χ0v) is 12.8. The van der Waals surface area contributed by atoms with Crippen LogP contribution in [0.4, 0.5) is 0 Å². The third kappa shape index (κ3) is 3.33. The molecule has 0 saturated carbocycles. The number of likely N-dealkylation sites (N-methyl/N-ethyl adjacent to an activating group) is 1. The second-order valence-electron chi connectivity index (χ2n) is 6.13. The molecule has 1 rings (SSSR count). The van der Waals surface area contributed by atoms with Crippen molar-refractivity contribution in [2.75, 3.05) is 14.2 Å². The normalized spacial score (nSPS) is 15.5. The summed E-state index contributed by atoms with van der Waals surface area (Å²) in [4.78, 5) is 0. The quantitative estimate of drug-likeness (QED) is 0.880. The van der Waals surface area contributed by atoms with E-state index in [9.17, 15) is 0 Å². The molecule has 0 heterocycles. The van der Waals surface area contributed by atoms with Crippen LogP contribution in [0.2, 0.25) is 0 Å². The molecular formula is C16H27NO. The van der Waals surface area contributed by atoms with E-state index in [1.165, 1.54) is 16.7 Å². The Labute approximate surface area is 112 Å². The number of hydrogen-bond donors (Lipinski definition) is 1. The molecule has 2 heteroatoms. The molecule has 0 aliphatic rings. The number of hydrogen-bond acceptors (Lipinski definition) is 2. The third-order valence-electron chi connectivity index (χ3n) is 3.61. The first-order chi connectivity index (χ1) is 8.31. The molecule has 0 spiro atoms. The van der Waals surface area contributed by atoms with Gasteiger partial charge in [-0.05, 0) is 43.0 Å². The van der Waals surface area contributed by atoms with Gasteiger partial charge in [0.1, 0.15) is 0 Å². The molecule has 102 valence electrons. The first kappa shape index (κ1) is 15.2. The van der Waals surface area contributed by atoms with E-state index in [-0.39, 0.29) is 17.6 Å². The number of methoxy groups -OCH3 is 1. The van der Waals surface area contributed by atoms with Crippen molar-refractivity contribution in [1.82, 2.24) is 5.32 Å². The SMILES string of the molecule is CNC(c1ccc(C)c(C)c1)C(OC)C(C)(C)C. The molecule has 0 radical (unpaired) electrons. The molecule has 1 aromatic carbocycles. The molecule has 2 atom stereocenters. The molecule has 1 N–H and O–H groups in total. The summed E-state index contributed by atoms with van der Waals surface area (Å²) in [7, 11) is 3.79. The lowest BCUT2D eigenvalue weighted by Gasteiger charge is -2.36. The van der Waals surface area contributed by atoms with Gasteiger partial charge < -0.3 is 10.1 Å². The van der Waals surface area contributed by atoms with Crippen LogP contribution in [-0.4, -0.2) is 20.3 Å². The van der Waals surface area contributed by atoms with Crippen LogP contribution in [0.1, 0.15) is 43.5 Å². The summed E-state index contributed by atoms with van der Waals surface area (Å²) < 4.78 is 5.73. The molecule has 0 aliphatic carbocycles. The summed E-state index contributed by atoms with van der Waals surface area (Å²) in [6, 6.07) is 6.86. The molecule has 1 aromatic rings. The van der Waals surface area contributed by atoms with Crippen molar-refractivity contribution in [3.05, 3.63) is 34.9 Å². The van der Waals surface area contributed by atoms with Crippen LogP contribution in [0.15, 0.2) is 18.2 Å². The molecule has 2 unspecified atom stereocenters. The minimum atomic E-state index is 0.0984. The number of nitrogens with one attached hydrogen (secondary N) is 1. The Morgan fingerprint density at radius 1 is 1.11 bits per heavy atom. The van der Waals surface area contributed by atoms with Crippen LogP contribution in [-0.2, 0) is 4.74 Å². The topological polar surface area (TPSA) is 21.3 Å². The maximum atomic E-state index is 5.73. The first-order valence-electron chi connectivity index (χ1n) is 6.58. The molecular weight excluding hydrogens is 222 g/mol. The third-order valence-corrected chi connectivity index (χ3v) is 3.61. The molecule has 2 nitrogen and oxygen atoms in total. The zero-order valence-electron chi connectivity index (χ0n) is 12.8. The molecule has 0 bridgehead atoms. The lowest BCUT2D eigenvalue weighted by molar-refractivity contribution is -0.0101. The van der Waals surface area contributed by atoms with Gasteiger partial charge in [-0.1, -0.05) is 39.0 Å². The van der Waals surface area contributed by atoms with Crippen LogP contribution in [0.3, 0.4) is 0 Å². The van der Waals surface area contributed by atoms with E-state index >= 15 is 0 Å². The minimum Gasteiger partial charge on any atom is -0.379 e. The molecule has 18 heavy (non-hydrogen) atoms. The van der Waals surface area contributed by atoms with E-state index in [4.69, 9.17) is 4.74 Å². The van der Waals surface area contributed by atoms with E-state index in [1.54, 1.807) is 7.11 Å². The molecule has 0 fully saturated rings. The van der Waals surface area contributed by atoms with Crippen molar-refractivity contribution >= 4 is 0 Å². The van der Waals surface area contributed by atoms with Gasteiger partial charge in [0.05, 0.1) is 12.1 Å². The fourth-order valence-corrected chi connectivity index (χ4v) is 2.44. The zero-order chi connectivity index (χ0) is 13.9. The number of aryl methyl sites for hydroxylation is 2. The Morgan fingerprint density at radius 3 is 2.11 bits per heavy atom. The van der Waals surface area contributed by atoms with Crippen LogP contribution in [0.25, 0.3) is 0 Å². The van der Waals surface area contributed by atoms with Crippen LogP contribution in [0.5, 0.6) is 0 Å². The summed E-state index contributed by atoms with van der Waals surface area (Å²) >= 11 is 0. The maximum absolute atomic E-state index is 5.73. The Balaban J connectivity index is 3.12. The largest absolute Gasteiger partial charge is 0.379 e. The number of rotatable bonds is 4. The second-order valence-corrected chi connectivity index (χ2v) is 6.13. The number of benzene rings is 1. The predicted octanol–water partition coefficient (Wildman–Crippen LogP) is 3.63. The molecule has 0 aliphatic heterocycles. The van der Waals surface area contributed by atoms with Crippen molar-refractivity contribution in [1.29, 1.82) is 0 Å². The van der Waals surface area contributed by atoms with E-state index in [0.717, 1.165) is 0 Å². The summed E-state index contributed by atoms with van der Waals surface area (Å²) in [5, 5.41) is 3.40. The van der Waals surface area contributed by atoms with E-state index in [1.807, 2.05) is 7.05 Å². The molecule has 0 amide bonds. The lowest BCUT2D eigenvalue weighted by atomic mass is 9.81. The van der Waals surface area contributed by atoms with Gasteiger partial charge >= 0.3 is 0 Å². The highest BCUT2D eigenvalue weighted by Crippen LogP contribution is 2.32. The predicted molar refractivity (Wildman–Crippen MR) is 78.0 cm³/mol. The minimum absolute atomic E-state index is 0.0984. The Hall–Kier alpha value is -0.860. The highest BCUT2D eigenvalue weighted by atomic mass is 16.5. The summed E-state index contributed by atoms with van der Waals surface area (Å²) in [6.45, 7) is 10.9. The molecule has 0 saturated heterocycles. The smallest absolute Gasteiger partial charge is 0.0813 e. The lowest BCUT2D eigenvalue weighted by Crippen LogP contribution is -2.40. The van der Waals surface area contributed by atoms with Crippen molar-refractivity contribution in [3.63, 3.8) is 0 Å². The molecule has 0 aromatic heterocycles. The average molecular weight is 249 g/mol. The fraction of sp³-hybridized carbons (Fsp3) is 0.625. The van der Waals surface area contributed by atoms with E-state index < -0.39 is 0 Å². The summed E-state index contributed by atoms with van der Waals surface area (Å²) in [5.74, 6) is 0. The van der Waals surface area contributed by atoms with E-state index in [2.05, 4.69) is 58.1 Å². The maximum Gasteiger partial charge on any atom is 0.0813 e. The van der Waals surface area contributed by atoms with Gasteiger partial charge in [0.15, 0.2) is 0 Å². The Kier molecular flexibility index (Phi) is 4.94.